The van der Waals surface area contributed by atoms with Crippen LogP contribution >= 0.6 is 0 Å². The highest BCUT2D eigenvalue weighted by molar-refractivity contribution is 7.88. The third-order valence-corrected chi connectivity index (χ3v) is 4.87. The minimum atomic E-state index is -3.01. The van der Waals surface area contributed by atoms with E-state index in [9.17, 15) is 8.42 Å². The molecule has 0 radical (unpaired) electrons. The Kier molecular flexibility index (Phi) is 6.44. The van der Waals surface area contributed by atoms with E-state index in [1.54, 1.807) is 0 Å². The van der Waals surface area contributed by atoms with Crippen molar-refractivity contribution in [3.8, 4) is 0 Å². The fourth-order valence-electron chi connectivity index (χ4n) is 2.46. The standard InChI is InChI=1S/C12H26N2O2S/c1-3-14(17(2,15)16)10-6-9-13-11-12-7-4-5-8-12/h12-13H,3-11H2,1-2H3. The predicted octanol–water partition coefficient (Wildman–Crippen LogP) is 1.44. The Hall–Kier alpha value is -0.130. The molecule has 0 heterocycles. The lowest BCUT2D eigenvalue weighted by Gasteiger charge is -2.18. The second-order valence-electron chi connectivity index (χ2n) is 4.96. The first-order chi connectivity index (χ1) is 8.04. The number of nitrogens with zero attached hydrogens (tertiary/aromatic N) is 1. The molecule has 0 aromatic rings. The van der Waals surface area contributed by atoms with Crippen LogP contribution < -0.4 is 5.32 Å². The van der Waals surface area contributed by atoms with Crippen LogP contribution in [0, 0.1) is 5.92 Å². The molecule has 0 amide bonds. The molecule has 4 nitrogen and oxygen atoms in total. The van der Waals surface area contributed by atoms with Gasteiger partial charge >= 0.3 is 0 Å². The number of hydrogen-bond acceptors (Lipinski definition) is 3. The molecule has 1 rings (SSSR count). The minimum Gasteiger partial charge on any atom is -0.316 e. The van der Waals surface area contributed by atoms with E-state index in [0.717, 1.165) is 25.4 Å². The van der Waals surface area contributed by atoms with E-state index in [0.29, 0.717) is 13.1 Å². The van der Waals surface area contributed by atoms with E-state index in [4.69, 9.17) is 0 Å². The van der Waals surface area contributed by atoms with Crippen LogP contribution in [0.15, 0.2) is 0 Å². The van der Waals surface area contributed by atoms with Gasteiger partial charge in [0.05, 0.1) is 6.26 Å². The van der Waals surface area contributed by atoms with E-state index in [2.05, 4.69) is 5.32 Å². The summed E-state index contributed by atoms with van der Waals surface area (Å²) in [6.07, 6.45) is 7.65. The molecule has 102 valence electrons. The minimum absolute atomic E-state index is 0.571. The van der Waals surface area contributed by atoms with Gasteiger partial charge < -0.3 is 5.32 Å². The van der Waals surface area contributed by atoms with Gasteiger partial charge in [-0.3, -0.25) is 0 Å². The van der Waals surface area contributed by atoms with Gasteiger partial charge in [0.2, 0.25) is 10.0 Å². The lowest BCUT2D eigenvalue weighted by Crippen LogP contribution is -2.33. The number of rotatable bonds is 8. The second kappa shape index (κ2) is 7.34. The number of sulfonamides is 1. The Morgan fingerprint density at radius 1 is 1.29 bits per heavy atom. The lowest BCUT2D eigenvalue weighted by molar-refractivity contribution is 0.411. The summed E-state index contributed by atoms with van der Waals surface area (Å²) in [7, 11) is -3.01. The molecular formula is C12H26N2O2S. The maximum atomic E-state index is 11.3. The highest BCUT2D eigenvalue weighted by Crippen LogP contribution is 2.23. The SMILES string of the molecule is CCN(CCCNCC1CCCC1)S(C)(=O)=O. The summed E-state index contributed by atoms with van der Waals surface area (Å²) in [5.41, 5.74) is 0. The van der Waals surface area contributed by atoms with E-state index in [1.807, 2.05) is 6.92 Å². The second-order valence-corrected chi connectivity index (χ2v) is 6.95. The molecule has 0 atom stereocenters. The topological polar surface area (TPSA) is 49.4 Å². The van der Waals surface area contributed by atoms with Crippen molar-refractivity contribution >= 4 is 10.0 Å². The molecule has 5 heteroatoms. The van der Waals surface area contributed by atoms with Gasteiger partial charge in [0, 0.05) is 13.1 Å². The first-order valence-corrected chi connectivity index (χ1v) is 8.54. The van der Waals surface area contributed by atoms with Crippen molar-refractivity contribution in [3.63, 3.8) is 0 Å². The molecule has 0 bridgehead atoms. The normalized spacial score (nSPS) is 18.1. The van der Waals surface area contributed by atoms with E-state index in [1.165, 1.54) is 36.2 Å². The fourth-order valence-corrected chi connectivity index (χ4v) is 3.39. The van der Waals surface area contributed by atoms with Crippen LogP contribution in [-0.4, -0.2) is 45.2 Å². The summed E-state index contributed by atoms with van der Waals surface area (Å²) in [5.74, 6) is 0.854. The van der Waals surface area contributed by atoms with Crippen molar-refractivity contribution in [2.24, 2.45) is 5.92 Å². The van der Waals surface area contributed by atoms with Gasteiger partial charge in [0.1, 0.15) is 0 Å². The molecule has 0 saturated heterocycles. The molecular weight excluding hydrogens is 236 g/mol. The largest absolute Gasteiger partial charge is 0.316 e. The van der Waals surface area contributed by atoms with Crippen LogP contribution in [0.2, 0.25) is 0 Å². The zero-order valence-electron chi connectivity index (χ0n) is 11.1. The third kappa shape index (κ3) is 5.84. The lowest BCUT2D eigenvalue weighted by atomic mass is 10.1. The smallest absolute Gasteiger partial charge is 0.211 e. The average Bonchev–Trinajstić information content (AvgIpc) is 2.74. The van der Waals surface area contributed by atoms with Crippen molar-refractivity contribution < 1.29 is 8.42 Å². The predicted molar refractivity (Wildman–Crippen MR) is 71.5 cm³/mol. The van der Waals surface area contributed by atoms with Crippen LogP contribution in [0.3, 0.4) is 0 Å². The quantitative estimate of drug-likeness (QED) is 0.673. The van der Waals surface area contributed by atoms with Gasteiger partial charge in [-0.25, -0.2) is 12.7 Å². The van der Waals surface area contributed by atoms with Gasteiger partial charge in [-0.15, -0.1) is 0 Å². The highest BCUT2D eigenvalue weighted by atomic mass is 32.2. The van der Waals surface area contributed by atoms with Crippen LogP contribution in [-0.2, 0) is 10.0 Å². The van der Waals surface area contributed by atoms with Gasteiger partial charge in [0.15, 0.2) is 0 Å². The van der Waals surface area contributed by atoms with Crippen LogP contribution in [0.5, 0.6) is 0 Å². The summed E-state index contributed by atoms with van der Waals surface area (Å²) >= 11 is 0. The maximum absolute atomic E-state index is 11.3. The van der Waals surface area contributed by atoms with Crippen molar-refractivity contribution in [2.45, 2.75) is 39.0 Å². The molecule has 1 aliphatic rings. The van der Waals surface area contributed by atoms with Crippen LogP contribution in [0.1, 0.15) is 39.0 Å². The Morgan fingerprint density at radius 3 is 2.47 bits per heavy atom. The number of nitrogens with one attached hydrogen (secondary N) is 1. The van der Waals surface area contributed by atoms with Crippen molar-refractivity contribution in [2.75, 3.05) is 32.4 Å². The molecule has 1 aliphatic carbocycles. The zero-order valence-corrected chi connectivity index (χ0v) is 11.9. The monoisotopic (exact) mass is 262 g/mol. The molecule has 0 aromatic heterocycles. The molecule has 0 aromatic carbocycles. The van der Waals surface area contributed by atoms with E-state index in [-0.39, 0.29) is 0 Å². The maximum Gasteiger partial charge on any atom is 0.211 e. The number of hydrogen-bond donors (Lipinski definition) is 1. The summed E-state index contributed by atoms with van der Waals surface area (Å²) in [4.78, 5) is 0. The van der Waals surface area contributed by atoms with Crippen LogP contribution in [0.25, 0.3) is 0 Å². The van der Waals surface area contributed by atoms with Gasteiger partial charge in [-0.2, -0.15) is 0 Å². The fraction of sp³-hybridized carbons (Fsp3) is 1.00. The van der Waals surface area contributed by atoms with E-state index >= 15 is 0 Å². The molecule has 17 heavy (non-hydrogen) atoms. The molecule has 1 N–H and O–H groups in total. The Morgan fingerprint density at radius 2 is 1.94 bits per heavy atom. The van der Waals surface area contributed by atoms with Gasteiger partial charge in [-0.1, -0.05) is 19.8 Å². The zero-order chi connectivity index (χ0) is 12.7. The Labute approximate surface area is 106 Å². The Bertz CT molecular complexity index is 298. The molecule has 0 aliphatic heterocycles. The summed E-state index contributed by atoms with van der Waals surface area (Å²) in [6.45, 7) is 5.11. The summed E-state index contributed by atoms with van der Waals surface area (Å²) in [5, 5.41) is 3.44. The molecule has 0 spiro atoms. The van der Waals surface area contributed by atoms with Gasteiger partial charge in [0.25, 0.3) is 0 Å². The Balaban J connectivity index is 2.06. The molecule has 0 unspecified atom stereocenters. The molecule has 1 saturated carbocycles. The van der Waals surface area contributed by atoms with Gasteiger partial charge in [-0.05, 0) is 38.3 Å². The van der Waals surface area contributed by atoms with Crippen molar-refractivity contribution in [1.82, 2.24) is 9.62 Å². The summed E-state index contributed by atoms with van der Waals surface area (Å²) in [6, 6.07) is 0. The average molecular weight is 262 g/mol. The van der Waals surface area contributed by atoms with Crippen molar-refractivity contribution in [1.29, 1.82) is 0 Å². The summed E-state index contributed by atoms with van der Waals surface area (Å²) < 4.78 is 24.2. The van der Waals surface area contributed by atoms with E-state index < -0.39 is 10.0 Å². The first kappa shape index (κ1) is 14.9. The van der Waals surface area contributed by atoms with Crippen LogP contribution in [0.4, 0.5) is 0 Å². The third-order valence-electron chi connectivity index (χ3n) is 3.49. The molecule has 1 fully saturated rings. The first-order valence-electron chi connectivity index (χ1n) is 6.70. The highest BCUT2D eigenvalue weighted by Gasteiger charge is 2.15. The van der Waals surface area contributed by atoms with Crippen molar-refractivity contribution in [3.05, 3.63) is 0 Å².